The van der Waals surface area contributed by atoms with Crippen LogP contribution >= 0.6 is 0 Å². The quantitative estimate of drug-likeness (QED) is 0.109. The van der Waals surface area contributed by atoms with E-state index in [9.17, 15) is 24.0 Å². The minimum absolute atomic E-state index is 0.0934. The highest BCUT2D eigenvalue weighted by Crippen LogP contribution is 2.10. The van der Waals surface area contributed by atoms with E-state index in [0.29, 0.717) is 25.6 Å². The SMILES string of the molecule is CC(=O)NCCCC[C@H](NC(=O)OC(C)(C)C)C(=O)N[C@@H](CCC(=O)C=[N+]=[N-])C(=O)OC(C)C. The van der Waals surface area contributed by atoms with Gasteiger partial charge in [-0.1, -0.05) is 0 Å². The normalized spacial score (nSPS) is 12.6. The van der Waals surface area contributed by atoms with Gasteiger partial charge in [-0.2, -0.15) is 4.79 Å². The van der Waals surface area contributed by atoms with E-state index in [4.69, 9.17) is 15.0 Å². The van der Waals surface area contributed by atoms with Gasteiger partial charge in [-0.15, -0.1) is 0 Å². The molecular weight excluding hydrogens is 446 g/mol. The number of amides is 3. The average Bonchev–Trinajstić information content (AvgIpc) is 2.67. The number of hydrogen-bond donors (Lipinski definition) is 3. The molecule has 0 heterocycles. The van der Waals surface area contributed by atoms with Gasteiger partial charge in [0.1, 0.15) is 17.7 Å². The summed E-state index contributed by atoms with van der Waals surface area (Å²) in [5.41, 5.74) is 7.69. The fourth-order valence-electron chi connectivity index (χ4n) is 2.71. The number of unbranched alkanes of at least 4 members (excludes halogenated alkanes) is 1. The number of nitrogens with one attached hydrogen (secondary N) is 3. The average molecular weight is 484 g/mol. The van der Waals surface area contributed by atoms with Crippen molar-refractivity contribution in [3.63, 3.8) is 0 Å². The van der Waals surface area contributed by atoms with Gasteiger partial charge in [-0.05, 0) is 60.3 Å². The van der Waals surface area contributed by atoms with Crippen LogP contribution < -0.4 is 16.0 Å². The van der Waals surface area contributed by atoms with Gasteiger partial charge >= 0.3 is 18.3 Å². The van der Waals surface area contributed by atoms with Crippen LogP contribution in [-0.2, 0) is 28.7 Å². The zero-order valence-corrected chi connectivity index (χ0v) is 20.8. The number of rotatable bonds is 14. The van der Waals surface area contributed by atoms with Crippen LogP contribution in [0.15, 0.2) is 0 Å². The molecule has 0 fully saturated rings. The van der Waals surface area contributed by atoms with E-state index in [0.717, 1.165) is 0 Å². The molecule has 2 atom stereocenters. The number of esters is 1. The molecule has 0 aliphatic heterocycles. The third-order valence-electron chi connectivity index (χ3n) is 4.13. The highest BCUT2D eigenvalue weighted by atomic mass is 16.6. The van der Waals surface area contributed by atoms with Gasteiger partial charge < -0.3 is 31.0 Å². The molecule has 12 heteroatoms. The first-order chi connectivity index (χ1) is 15.7. The summed E-state index contributed by atoms with van der Waals surface area (Å²) in [6, 6.07) is -2.19. The molecule has 0 radical (unpaired) electrons. The van der Waals surface area contributed by atoms with Gasteiger partial charge in [0.2, 0.25) is 17.6 Å². The second-order valence-electron chi connectivity index (χ2n) is 8.97. The van der Waals surface area contributed by atoms with Crippen molar-refractivity contribution in [1.82, 2.24) is 16.0 Å². The van der Waals surface area contributed by atoms with Crippen molar-refractivity contribution in [3.05, 3.63) is 5.53 Å². The molecule has 3 N–H and O–H groups in total. The minimum Gasteiger partial charge on any atom is -0.461 e. The van der Waals surface area contributed by atoms with E-state index in [1.165, 1.54) is 6.92 Å². The molecule has 0 spiro atoms. The molecule has 0 rings (SSSR count). The maximum Gasteiger partial charge on any atom is 0.408 e. The number of Topliss-reactive ketones (excluding diaryl/α,β-unsaturated/α-hetero) is 1. The second kappa shape index (κ2) is 15.5. The van der Waals surface area contributed by atoms with E-state index < -0.39 is 47.5 Å². The summed E-state index contributed by atoms with van der Waals surface area (Å²) in [5, 5.41) is 7.69. The van der Waals surface area contributed by atoms with Crippen LogP contribution in [0.1, 0.15) is 73.6 Å². The van der Waals surface area contributed by atoms with Crippen LogP contribution in [0.3, 0.4) is 0 Å². The number of carbonyl (C=O) groups excluding carboxylic acids is 5. The Morgan fingerprint density at radius 2 is 1.65 bits per heavy atom. The number of carbonyl (C=O) groups is 5. The molecule has 0 aromatic rings. The summed E-state index contributed by atoms with van der Waals surface area (Å²) >= 11 is 0. The molecule has 12 nitrogen and oxygen atoms in total. The summed E-state index contributed by atoms with van der Waals surface area (Å²) in [5.74, 6) is -2.10. The van der Waals surface area contributed by atoms with E-state index in [2.05, 4.69) is 20.7 Å². The van der Waals surface area contributed by atoms with Gasteiger partial charge in [0, 0.05) is 19.9 Å². The van der Waals surface area contributed by atoms with Gasteiger partial charge in [0.15, 0.2) is 0 Å². The van der Waals surface area contributed by atoms with Crippen LogP contribution in [0.2, 0.25) is 0 Å². The molecule has 0 saturated heterocycles. The van der Waals surface area contributed by atoms with Gasteiger partial charge in [0.25, 0.3) is 0 Å². The van der Waals surface area contributed by atoms with Crippen molar-refractivity contribution in [3.8, 4) is 0 Å². The fraction of sp³-hybridized carbons (Fsp3) is 0.727. The second-order valence-corrected chi connectivity index (χ2v) is 8.97. The number of hydrogen-bond acceptors (Lipinski definition) is 7. The van der Waals surface area contributed by atoms with Crippen LogP contribution in [0.4, 0.5) is 4.79 Å². The number of ether oxygens (including phenoxy) is 2. The van der Waals surface area contributed by atoms with E-state index in [1.54, 1.807) is 34.6 Å². The number of nitrogens with zero attached hydrogens (tertiary/aromatic N) is 2. The third kappa shape index (κ3) is 15.5. The Morgan fingerprint density at radius 3 is 2.18 bits per heavy atom. The number of alkyl carbamates (subject to hydrolysis) is 1. The first-order valence-electron chi connectivity index (χ1n) is 11.2. The predicted octanol–water partition coefficient (Wildman–Crippen LogP) is 1.27. The van der Waals surface area contributed by atoms with E-state index in [-0.39, 0.29) is 25.2 Å². The largest absolute Gasteiger partial charge is 0.461 e. The molecule has 0 aromatic carbocycles. The Balaban J connectivity index is 5.38. The molecule has 0 aliphatic carbocycles. The summed E-state index contributed by atoms with van der Waals surface area (Å²) in [6.45, 7) is 10.1. The Morgan fingerprint density at radius 1 is 1.00 bits per heavy atom. The molecular formula is C22H37N5O7. The van der Waals surface area contributed by atoms with Gasteiger partial charge in [-0.25, -0.2) is 9.59 Å². The van der Waals surface area contributed by atoms with Crippen LogP contribution in [0.5, 0.6) is 0 Å². The topological polar surface area (TPSA) is 176 Å². The lowest BCUT2D eigenvalue weighted by atomic mass is 10.1. The predicted molar refractivity (Wildman–Crippen MR) is 123 cm³/mol. The van der Waals surface area contributed by atoms with Crippen molar-refractivity contribution in [2.75, 3.05) is 6.54 Å². The molecule has 0 aliphatic rings. The molecule has 0 aromatic heterocycles. The standard InChI is InChI=1S/C22H37N5O7/c1-14(2)33-20(31)18(11-10-16(29)13-25-23)26-19(30)17(9-7-8-12-24-15(3)28)27-21(32)34-22(4,5)6/h13-14,17-18H,7-12H2,1-6H3,(H,24,28)(H,26,30)(H,27,32)/t17-,18-/m0/s1. The molecule has 3 amide bonds. The zero-order valence-electron chi connectivity index (χ0n) is 20.8. The highest BCUT2D eigenvalue weighted by Gasteiger charge is 2.29. The molecule has 34 heavy (non-hydrogen) atoms. The van der Waals surface area contributed by atoms with Crippen molar-refractivity contribution in [2.24, 2.45) is 0 Å². The van der Waals surface area contributed by atoms with Gasteiger partial charge in [0.05, 0.1) is 6.10 Å². The zero-order chi connectivity index (χ0) is 26.3. The molecule has 0 bridgehead atoms. The lowest BCUT2D eigenvalue weighted by molar-refractivity contribution is -0.152. The molecule has 0 unspecified atom stereocenters. The van der Waals surface area contributed by atoms with Crippen molar-refractivity contribution in [2.45, 2.75) is 97.4 Å². The summed E-state index contributed by atoms with van der Waals surface area (Å²) < 4.78 is 10.4. The number of ketones is 1. The minimum atomic E-state index is -1.16. The maximum atomic E-state index is 13.0. The molecule has 0 saturated carbocycles. The summed E-state index contributed by atoms with van der Waals surface area (Å²) in [7, 11) is 0. The first-order valence-corrected chi connectivity index (χ1v) is 11.2. The lowest BCUT2D eigenvalue weighted by Gasteiger charge is -2.25. The Labute approximate surface area is 200 Å². The summed E-state index contributed by atoms with van der Waals surface area (Å²) in [6.07, 6.45) is 0.443. The van der Waals surface area contributed by atoms with E-state index >= 15 is 0 Å². The Bertz CT molecular complexity index is 770. The van der Waals surface area contributed by atoms with Gasteiger partial charge in [-0.3, -0.25) is 14.4 Å². The lowest BCUT2D eigenvalue weighted by Crippen LogP contribution is -2.53. The monoisotopic (exact) mass is 483 g/mol. The van der Waals surface area contributed by atoms with Crippen molar-refractivity contribution < 1.29 is 38.2 Å². The fourth-order valence-corrected chi connectivity index (χ4v) is 2.71. The Kier molecular flexibility index (Phi) is 14.1. The smallest absolute Gasteiger partial charge is 0.408 e. The van der Waals surface area contributed by atoms with Crippen LogP contribution in [0, 0.1) is 0 Å². The maximum absolute atomic E-state index is 13.0. The third-order valence-corrected chi connectivity index (χ3v) is 4.13. The van der Waals surface area contributed by atoms with Crippen LogP contribution in [0.25, 0.3) is 5.53 Å². The first kappa shape index (κ1) is 30.7. The summed E-state index contributed by atoms with van der Waals surface area (Å²) in [4.78, 5) is 63.0. The van der Waals surface area contributed by atoms with Crippen LogP contribution in [-0.4, -0.2) is 71.0 Å². The molecule has 192 valence electrons. The Hall–Kier alpha value is -3.27. The van der Waals surface area contributed by atoms with Crippen molar-refractivity contribution in [1.29, 1.82) is 0 Å². The highest BCUT2D eigenvalue weighted by molar-refractivity contribution is 6.25. The van der Waals surface area contributed by atoms with Crippen molar-refractivity contribution >= 4 is 35.9 Å². The van der Waals surface area contributed by atoms with E-state index in [1.807, 2.05) is 0 Å².